The van der Waals surface area contributed by atoms with Crippen LogP contribution in [-0.2, 0) is 4.79 Å². The van der Waals surface area contributed by atoms with Crippen LogP contribution in [0.15, 0.2) is 48.5 Å². The van der Waals surface area contributed by atoms with Crippen LogP contribution in [0.2, 0.25) is 0 Å². The first-order chi connectivity index (χ1) is 12.7. The van der Waals surface area contributed by atoms with Gasteiger partial charge in [0.15, 0.2) is 6.61 Å². The van der Waals surface area contributed by atoms with E-state index in [1.165, 1.54) is 0 Å². The normalized spacial score (nSPS) is 15.3. The van der Waals surface area contributed by atoms with Crippen molar-refractivity contribution in [1.82, 2.24) is 14.9 Å². The summed E-state index contributed by atoms with van der Waals surface area (Å²) < 4.78 is 5.88. The van der Waals surface area contributed by atoms with Crippen molar-refractivity contribution in [1.29, 1.82) is 0 Å². The average molecular weight is 349 g/mol. The Kier molecular flexibility index (Phi) is 4.61. The number of benzene rings is 2. The average Bonchev–Trinajstić information content (AvgIpc) is 3.11. The Balaban J connectivity index is 1.50. The van der Waals surface area contributed by atoms with E-state index in [0.29, 0.717) is 11.7 Å². The fourth-order valence-electron chi connectivity index (χ4n) is 3.36. The lowest BCUT2D eigenvalue weighted by Crippen LogP contribution is -2.40. The van der Waals surface area contributed by atoms with Gasteiger partial charge < -0.3 is 14.6 Å². The molecule has 4 rings (SSSR count). The number of hydrogen-bond donors (Lipinski definition) is 1. The van der Waals surface area contributed by atoms with Crippen LogP contribution in [0.1, 0.15) is 19.8 Å². The number of nitrogens with one attached hydrogen (secondary N) is 1. The molecule has 2 heterocycles. The molecular formula is C21H23N3O2. The van der Waals surface area contributed by atoms with Gasteiger partial charge in [0.05, 0.1) is 16.6 Å². The van der Waals surface area contributed by atoms with E-state index in [-0.39, 0.29) is 12.5 Å². The standard InChI is InChI=1S/C21H23N3O2/c1-15-10-12-24(13-11-15)20(25)14-26-19-9-5-2-6-16(19)21-22-17-7-3-4-8-18(17)23-21/h2-9,15H,10-14H2,1H3,(H,22,23). The number of para-hydroxylation sites is 3. The third-order valence-electron chi connectivity index (χ3n) is 5.02. The number of likely N-dealkylation sites (tertiary alicyclic amines) is 1. The summed E-state index contributed by atoms with van der Waals surface area (Å²) in [6.45, 7) is 3.96. The molecule has 1 N–H and O–H groups in total. The number of carbonyl (C=O) groups is 1. The highest BCUT2D eigenvalue weighted by atomic mass is 16.5. The molecule has 0 saturated carbocycles. The first-order valence-corrected chi connectivity index (χ1v) is 9.15. The van der Waals surface area contributed by atoms with E-state index in [1.54, 1.807) is 0 Å². The summed E-state index contributed by atoms with van der Waals surface area (Å²) in [6, 6.07) is 15.6. The predicted molar refractivity (Wildman–Crippen MR) is 102 cm³/mol. The minimum Gasteiger partial charge on any atom is -0.483 e. The Morgan fingerprint density at radius 2 is 1.88 bits per heavy atom. The first-order valence-electron chi connectivity index (χ1n) is 9.15. The molecule has 0 unspecified atom stereocenters. The molecule has 0 aliphatic carbocycles. The molecule has 2 aromatic carbocycles. The van der Waals surface area contributed by atoms with Crippen molar-refractivity contribution in [3.05, 3.63) is 48.5 Å². The van der Waals surface area contributed by atoms with E-state index in [1.807, 2.05) is 53.4 Å². The highest BCUT2D eigenvalue weighted by molar-refractivity contribution is 5.81. The predicted octanol–water partition coefficient (Wildman–Crippen LogP) is 3.87. The van der Waals surface area contributed by atoms with Gasteiger partial charge in [0.25, 0.3) is 5.91 Å². The summed E-state index contributed by atoms with van der Waals surface area (Å²) in [4.78, 5) is 22.3. The van der Waals surface area contributed by atoms with Crippen LogP contribution >= 0.6 is 0 Å². The summed E-state index contributed by atoms with van der Waals surface area (Å²) in [5.41, 5.74) is 2.76. The number of H-pyrrole nitrogens is 1. The molecule has 1 saturated heterocycles. The molecule has 0 spiro atoms. The minimum absolute atomic E-state index is 0.0521. The van der Waals surface area contributed by atoms with Crippen molar-refractivity contribution in [2.45, 2.75) is 19.8 Å². The molecule has 134 valence electrons. The van der Waals surface area contributed by atoms with Gasteiger partial charge >= 0.3 is 0 Å². The summed E-state index contributed by atoms with van der Waals surface area (Å²) in [5, 5.41) is 0. The van der Waals surface area contributed by atoms with Gasteiger partial charge in [-0.3, -0.25) is 4.79 Å². The molecule has 5 heteroatoms. The topological polar surface area (TPSA) is 58.2 Å². The molecule has 26 heavy (non-hydrogen) atoms. The summed E-state index contributed by atoms with van der Waals surface area (Å²) in [5.74, 6) is 2.18. The number of ether oxygens (including phenoxy) is 1. The van der Waals surface area contributed by atoms with Gasteiger partial charge in [-0.1, -0.05) is 31.2 Å². The highest BCUT2D eigenvalue weighted by Gasteiger charge is 2.21. The maximum Gasteiger partial charge on any atom is 0.260 e. The van der Waals surface area contributed by atoms with Gasteiger partial charge in [0.1, 0.15) is 11.6 Å². The Morgan fingerprint density at radius 1 is 1.15 bits per heavy atom. The van der Waals surface area contributed by atoms with Crippen LogP contribution in [-0.4, -0.2) is 40.5 Å². The second-order valence-electron chi connectivity index (χ2n) is 6.95. The van der Waals surface area contributed by atoms with Crippen LogP contribution in [0.5, 0.6) is 5.75 Å². The van der Waals surface area contributed by atoms with Crippen molar-refractivity contribution in [3.63, 3.8) is 0 Å². The fourth-order valence-corrected chi connectivity index (χ4v) is 3.36. The number of aromatic amines is 1. The van der Waals surface area contributed by atoms with Gasteiger partial charge in [0, 0.05) is 13.1 Å². The fraction of sp³-hybridized carbons (Fsp3) is 0.333. The van der Waals surface area contributed by atoms with E-state index in [2.05, 4.69) is 16.9 Å². The molecule has 3 aromatic rings. The van der Waals surface area contributed by atoms with Gasteiger partial charge in [0.2, 0.25) is 0 Å². The molecule has 1 amide bonds. The van der Waals surface area contributed by atoms with Gasteiger partial charge in [-0.25, -0.2) is 4.98 Å². The Bertz CT molecular complexity index is 877. The van der Waals surface area contributed by atoms with Crippen molar-refractivity contribution in [2.24, 2.45) is 5.92 Å². The molecule has 0 atom stereocenters. The number of hydrogen-bond acceptors (Lipinski definition) is 3. The lowest BCUT2D eigenvalue weighted by molar-refractivity contribution is -0.134. The smallest absolute Gasteiger partial charge is 0.260 e. The van der Waals surface area contributed by atoms with Crippen LogP contribution in [0.3, 0.4) is 0 Å². The van der Waals surface area contributed by atoms with Crippen LogP contribution in [0.4, 0.5) is 0 Å². The molecule has 1 aliphatic heterocycles. The summed E-state index contributed by atoms with van der Waals surface area (Å²) in [7, 11) is 0. The van der Waals surface area contributed by atoms with Crippen molar-refractivity contribution >= 4 is 16.9 Å². The summed E-state index contributed by atoms with van der Waals surface area (Å²) >= 11 is 0. The number of carbonyl (C=O) groups excluding carboxylic acids is 1. The zero-order valence-corrected chi connectivity index (χ0v) is 14.9. The van der Waals surface area contributed by atoms with E-state index in [4.69, 9.17) is 4.74 Å². The zero-order valence-electron chi connectivity index (χ0n) is 14.9. The van der Waals surface area contributed by atoms with Crippen molar-refractivity contribution < 1.29 is 9.53 Å². The Labute approximate surface area is 153 Å². The van der Waals surface area contributed by atoms with Crippen molar-refractivity contribution in [2.75, 3.05) is 19.7 Å². The van der Waals surface area contributed by atoms with E-state index < -0.39 is 0 Å². The number of piperidine rings is 1. The maximum atomic E-state index is 12.4. The van der Waals surface area contributed by atoms with Crippen LogP contribution < -0.4 is 4.74 Å². The number of amides is 1. The van der Waals surface area contributed by atoms with Crippen LogP contribution in [0.25, 0.3) is 22.4 Å². The number of aromatic nitrogens is 2. The SMILES string of the molecule is CC1CCN(C(=O)COc2ccccc2-c2nc3ccccc3[nH]2)CC1. The number of imidazole rings is 1. The second-order valence-corrected chi connectivity index (χ2v) is 6.95. The largest absolute Gasteiger partial charge is 0.483 e. The molecule has 0 radical (unpaired) electrons. The number of rotatable bonds is 4. The lowest BCUT2D eigenvalue weighted by atomic mass is 9.99. The Hall–Kier alpha value is -2.82. The zero-order chi connectivity index (χ0) is 17.9. The molecule has 0 bridgehead atoms. The molecular weight excluding hydrogens is 326 g/mol. The number of fused-ring (bicyclic) bond motifs is 1. The quantitative estimate of drug-likeness (QED) is 0.778. The second kappa shape index (κ2) is 7.20. The van der Waals surface area contributed by atoms with Gasteiger partial charge in [-0.15, -0.1) is 0 Å². The van der Waals surface area contributed by atoms with Crippen molar-refractivity contribution in [3.8, 4) is 17.1 Å². The highest BCUT2D eigenvalue weighted by Crippen LogP contribution is 2.29. The molecule has 1 aromatic heterocycles. The van der Waals surface area contributed by atoms with Crippen LogP contribution in [0, 0.1) is 5.92 Å². The maximum absolute atomic E-state index is 12.4. The van der Waals surface area contributed by atoms with E-state index in [0.717, 1.165) is 48.4 Å². The minimum atomic E-state index is 0.0521. The monoisotopic (exact) mass is 349 g/mol. The first kappa shape index (κ1) is 16.6. The third-order valence-corrected chi connectivity index (χ3v) is 5.02. The third kappa shape index (κ3) is 3.43. The van der Waals surface area contributed by atoms with Gasteiger partial charge in [-0.2, -0.15) is 0 Å². The van der Waals surface area contributed by atoms with Gasteiger partial charge in [-0.05, 0) is 43.0 Å². The molecule has 1 fully saturated rings. The lowest BCUT2D eigenvalue weighted by Gasteiger charge is -2.30. The number of nitrogens with zero attached hydrogens (tertiary/aromatic N) is 2. The van der Waals surface area contributed by atoms with E-state index >= 15 is 0 Å². The Morgan fingerprint density at radius 3 is 2.69 bits per heavy atom. The molecule has 1 aliphatic rings. The molecule has 5 nitrogen and oxygen atoms in total. The van der Waals surface area contributed by atoms with E-state index in [9.17, 15) is 4.79 Å². The summed E-state index contributed by atoms with van der Waals surface area (Å²) in [6.07, 6.45) is 2.14.